The van der Waals surface area contributed by atoms with E-state index in [1.165, 1.54) is 12.1 Å². The number of anilines is 3. The maximum atomic E-state index is 13.9. The summed E-state index contributed by atoms with van der Waals surface area (Å²) < 4.78 is 13.9. The molecule has 3 aromatic carbocycles. The predicted molar refractivity (Wildman–Crippen MR) is 148 cm³/mol. The van der Waals surface area contributed by atoms with E-state index < -0.39 is 5.82 Å². The molecule has 8 nitrogen and oxygen atoms in total. The van der Waals surface area contributed by atoms with E-state index in [0.29, 0.717) is 46.7 Å². The van der Waals surface area contributed by atoms with E-state index in [2.05, 4.69) is 20.6 Å². The molecule has 0 radical (unpaired) electrons. The van der Waals surface area contributed by atoms with Crippen molar-refractivity contribution in [3.05, 3.63) is 90.0 Å². The van der Waals surface area contributed by atoms with Crippen LogP contribution in [0.15, 0.2) is 73.1 Å². The zero-order valence-corrected chi connectivity index (χ0v) is 21.3. The third-order valence-corrected chi connectivity index (χ3v) is 6.41. The van der Waals surface area contributed by atoms with Crippen LogP contribution in [0.1, 0.15) is 17.5 Å². The molecule has 0 bridgehead atoms. The average Bonchev–Trinajstić information content (AvgIpc) is 3.24. The normalized spacial score (nSPS) is 13.9. The van der Waals surface area contributed by atoms with Gasteiger partial charge in [-0.2, -0.15) is 0 Å². The van der Waals surface area contributed by atoms with Gasteiger partial charge in [-0.3, -0.25) is 19.6 Å². The Labute approximate surface area is 219 Å². The maximum absolute atomic E-state index is 13.9. The van der Waals surface area contributed by atoms with Crippen molar-refractivity contribution in [1.29, 1.82) is 0 Å². The number of hydrogen-bond donors (Lipinski definition) is 2. The molecule has 192 valence electrons. The first kappa shape index (κ1) is 25.0. The molecular weight excluding hydrogens is 483 g/mol. The summed E-state index contributed by atoms with van der Waals surface area (Å²) in [6, 6.07) is 17.2. The van der Waals surface area contributed by atoms with Gasteiger partial charge < -0.3 is 20.4 Å². The van der Waals surface area contributed by atoms with Gasteiger partial charge in [0.2, 0.25) is 5.91 Å². The second kappa shape index (κ2) is 10.4. The molecule has 0 saturated heterocycles. The Balaban J connectivity index is 1.53. The number of amides is 2. The van der Waals surface area contributed by atoms with Crippen LogP contribution < -0.4 is 15.5 Å². The number of carbonyl (C=O) groups excluding carboxylic acids is 2. The number of nitrogens with one attached hydrogen (secondary N) is 2. The van der Waals surface area contributed by atoms with Crippen molar-refractivity contribution >= 4 is 51.2 Å². The molecule has 38 heavy (non-hydrogen) atoms. The van der Waals surface area contributed by atoms with Gasteiger partial charge in [0, 0.05) is 54.9 Å². The lowest BCUT2D eigenvalue weighted by Gasteiger charge is -2.20. The van der Waals surface area contributed by atoms with Gasteiger partial charge >= 0.3 is 0 Å². The van der Waals surface area contributed by atoms with E-state index in [1.807, 2.05) is 61.5 Å². The Morgan fingerprint density at radius 3 is 2.42 bits per heavy atom. The highest BCUT2D eigenvalue weighted by molar-refractivity contribution is 6.37. The zero-order chi connectivity index (χ0) is 26.8. The topological polar surface area (TPSA) is 90.5 Å². The number of hydrogen-bond acceptors (Lipinski definition) is 6. The number of halogens is 1. The Hall–Kier alpha value is -4.63. The highest BCUT2D eigenvalue weighted by atomic mass is 19.1. The average molecular weight is 511 g/mol. The number of nitrogens with zero attached hydrogens (tertiary/aromatic N) is 4. The molecule has 0 aliphatic carbocycles. The molecule has 1 aliphatic heterocycles. The van der Waals surface area contributed by atoms with Crippen LogP contribution in [-0.2, 0) is 9.59 Å². The molecule has 0 atom stereocenters. The van der Waals surface area contributed by atoms with Crippen LogP contribution in [0.5, 0.6) is 0 Å². The van der Waals surface area contributed by atoms with Gasteiger partial charge in [0.15, 0.2) is 0 Å². The lowest BCUT2D eigenvalue weighted by molar-refractivity contribution is -0.118. The SMILES string of the molecule is CN(C)CCC(=O)N(C)c1ccc(NC(=C2C(=O)Nc3cc(F)ccc32)c2ccc3nccnc3c2)cc1. The smallest absolute Gasteiger partial charge is 0.258 e. The van der Waals surface area contributed by atoms with Gasteiger partial charge in [-0.05, 0) is 68.7 Å². The molecular formula is C29H27FN6O2. The van der Waals surface area contributed by atoms with Crippen LogP contribution in [0.3, 0.4) is 0 Å². The summed E-state index contributed by atoms with van der Waals surface area (Å²) in [5.74, 6) is -0.748. The summed E-state index contributed by atoms with van der Waals surface area (Å²) in [7, 11) is 5.62. The molecule has 2 amide bonds. The highest BCUT2D eigenvalue weighted by Gasteiger charge is 2.29. The van der Waals surface area contributed by atoms with Crippen molar-refractivity contribution < 1.29 is 14.0 Å². The van der Waals surface area contributed by atoms with Gasteiger partial charge in [-0.15, -0.1) is 0 Å². The van der Waals surface area contributed by atoms with Crippen LogP contribution in [0.25, 0.3) is 22.3 Å². The summed E-state index contributed by atoms with van der Waals surface area (Å²) in [5, 5.41) is 6.16. The fraction of sp³-hybridized carbons (Fsp3) is 0.172. The van der Waals surface area contributed by atoms with Crippen molar-refractivity contribution in [2.45, 2.75) is 6.42 Å². The first-order valence-electron chi connectivity index (χ1n) is 12.2. The summed E-state index contributed by atoms with van der Waals surface area (Å²) in [6.07, 6.45) is 3.65. The van der Waals surface area contributed by atoms with Crippen molar-refractivity contribution in [1.82, 2.24) is 14.9 Å². The molecule has 2 heterocycles. The molecule has 0 fully saturated rings. The predicted octanol–water partition coefficient (Wildman–Crippen LogP) is 4.62. The van der Waals surface area contributed by atoms with E-state index in [0.717, 1.165) is 16.8 Å². The zero-order valence-electron chi connectivity index (χ0n) is 21.3. The maximum Gasteiger partial charge on any atom is 0.258 e. The van der Waals surface area contributed by atoms with E-state index in [4.69, 9.17) is 0 Å². The molecule has 4 aromatic rings. The highest BCUT2D eigenvalue weighted by Crippen LogP contribution is 2.38. The molecule has 1 aliphatic rings. The van der Waals surface area contributed by atoms with Gasteiger partial charge in [0.25, 0.3) is 5.91 Å². The molecule has 0 saturated carbocycles. The minimum absolute atomic E-state index is 0.0194. The molecule has 5 rings (SSSR count). The molecule has 2 N–H and O–H groups in total. The molecule has 9 heteroatoms. The molecule has 0 spiro atoms. The quantitative estimate of drug-likeness (QED) is 0.353. The third kappa shape index (κ3) is 5.09. The summed E-state index contributed by atoms with van der Waals surface area (Å²) in [5.41, 5.74) is 5.55. The van der Waals surface area contributed by atoms with Crippen molar-refractivity contribution in [2.75, 3.05) is 43.2 Å². The van der Waals surface area contributed by atoms with Crippen molar-refractivity contribution in [3.8, 4) is 0 Å². The number of benzene rings is 3. The van der Waals surface area contributed by atoms with Gasteiger partial charge in [-0.1, -0.05) is 6.07 Å². The van der Waals surface area contributed by atoms with E-state index in [-0.39, 0.29) is 11.8 Å². The van der Waals surface area contributed by atoms with Gasteiger partial charge in [-0.25, -0.2) is 4.39 Å². The van der Waals surface area contributed by atoms with Gasteiger partial charge in [0.1, 0.15) is 5.82 Å². The van der Waals surface area contributed by atoms with Crippen molar-refractivity contribution in [2.24, 2.45) is 0 Å². The van der Waals surface area contributed by atoms with Crippen LogP contribution in [0.2, 0.25) is 0 Å². The van der Waals surface area contributed by atoms with Gasteiger partial charge in [0.05, 0.1) is 28.0 Å². The Morgan fingerprint density at radius 1 is 0.947 bits per heavy atom. The molecule has 0 unspecified atom stereocenters. The first-order valence-corrected chi connectivity index (χ1v) is 12.2. The lowest BCUT2D eigenvalue weighted by Crippen LogP contribution is -2.29. The second-order valence-corrected chi connectivity index (χ2v) is 9.33. The summed E-state index contributed by atoms with van der Waals surface area (Å²) >= 11 is 0. The van der Waals surface area contributed by atoms with E-state index in [1.54, 1.807) is 30.4 Å². The van der Waals surface area contributed by atoms with Crippen LogP contribution in [-0.4, -0.2) is 54.4 Å². The third-order valence-electron chi connectivity index (χ3n) is 6.41. The summed E-state index contributed by atoms with van der Waals surface area (Å²) in [6.45, 7) is 0.670. The Morgan fingerprint density at radius 2 is 1.68 bits per heavy atom. The largest absolute Gasteiger partial charge is 0.354 e. The van der Waals surface area contributed by atoms with E-state index >= 15 is 0 Å². The monoisotopic (exact) mass is 510 g/mol. The van der Waals surface area contributed by atoms with E-state index in [9.17, 15) is 14.0 Å². The summed E-state index contributed by atoms with van der Waals surface area (Å²) in [4.78, 5) is 38.0. The first-order chi connectivity index (χ1) is 18.3. The van der Waals surface area contributed by atoms with Crippen LogP contribution in [0, 0.1) is 5.82 Å². The fourth-order valence-corrected chi connectivity index (χ4v) is 4.33. The Kier molecular flexibility index (Phi) is 6.85. The van der Waals surface area contributed by atoms with Crippen molar-refractivity contribution in [3.63, 3.8) is 0 Å². The number of fused-ring (bicyclic) bond motifs is 2. The standard InChI is InChI=1S/C29H27FN6O2/c1-35(2)15-12-26(37)36(3)21-8-6-20(7-9-21)33-28(18-4-11-23-25(16-18)32-14-13-31-23)27-22-10-5-19(30)17-24(22)34-29(27)38/h4-11,13-14,16-17,33H,12,15H2,1-3H3,(H,34,38). The van der Waals surface area contributed by atoms with Crippen LogP contribution in [0.4, 0.5) is 21.5 Å². The fourth-order valence-electron chi connectivity index (χ4n) is 4.33. The molecule has 1 aromatic heterocycles. The minimum atomic E-state index is -0.430. The number of aromatic nitrogens is 2. The van der Waals surface area contributed by atoms with Crippen LogP contribution >= 0.6 is 0 Å². The second-order valence-electron chi connectivity index (χ2n) is 9.33. The Bertz CT molecular complexity index is 1570. The number of rotatable bonds is 7. The number of carbonyl (C=O) groups is 2. The minimum Gasteiger partial charge on any atom is -0.354 e. The lowest BCUT2D eigenvalue weighted by atomic mass is 9.99.